The van der Waals surface area contributed by atoms with E-state index >= 15 is 0 Å². The number of rotatable bonds is 4. The molecule has 23 heavy (non-hydrogen) atoms. The Labute approximate surface area is 143 Å². The zero-order valence-corrected chi connectivity index (χ0v) is 13.8. The normalized spacial score (nSPS) is 10.0. The van der Waals surface area contributed by atoms with Gasteiger partial charge in [0.15, 0.2) is 5.11 Å². The fourth-order valence-corrected chi connectivity index (χ4v) is 2.17. The number of nitrogens with one attached hydrogen (secondary N) is 2. The van der Waals surface area contributed by atoms with Gasteiger partial charge in [0.25, 0.3) is 5.91 Å². The molecule has 2 aromatic rings. The minimum Gasteiger partial charge on any atom is -0.494 e. The van der Waals surface area contributed by atoms with Gasteiger partial charge in [0.1, 0.15) is 11.6 Å². The summed E-state index contributed by atoms with van der Waals surface area (Å²) in [5.74, 6) is -0.203. The third-order valence-corrected chi connectivity index (χ3v) is 3.33. The van der Waals surface area contributed by atoms with Crippen molar-refractivity contribution in [2.75, 3.05) is 11.9 Å². The summed E-state index contributed by atoms with van der Waals surface area (Å²) < 4.78 is 18.4. The van der Waals surface area contributed by atoms with Crippen molar-refractivity contribution in [3.63, 3.8) is 0 Å². The van der Waals surface area contributed by atoms with Crippen LogP contribution < -0.4 is 15.4 Å². The maximum absolute atomic E-state index is 13.1. The van der Waals surface area contributed by atoms with Gasteiger partial charge in [0.05, 0.1) is 11.6 Å². The highest BCUT2D eigenvalue weighted by atomic mass is 35.5. The van der Waals surface area contributed by atoms with Gasteiger partial charge in [0.2, 0.25) is 0 Å². The van der Waals surface area contributed by atoms with E-state index in [4.69, 9.17) is 28.6 Å². The molecule has 0 saturated carbocycles. The van der Waals surface area contributed by atoms with E-state index in [2.05, 4.69) is 10.6 Å². The Morgan fingerprint density at radius 2 is 1.96 bits per heavy atom. The Kier molecular flexibility index (Phi) is 5.90. The molecule has 0 atom stereocenters. The van der Waals surface area contributed by atoms with Crippen molar-refractivity contribution < 1.29 is 13.9 Å². The first-order valence-electron chi connectivity index (χ1n) is 6.80. The molecule has 0 heterocycles. The second kappa shape index (κ2) is 7.89. The second-order valence-electron chi connectivity index (χ2n) is 4.49. The number of hydrogen-bond acceptors (Lipinski definition) is 3. The molecule has 0 aliphatic rings. The van der Waals surface area contributed by atoms with Crippen LogP contribution in [-0.4, -0.2) is 17.6 Å². The first kappa shape index (κ1) is 17.2. The number of anilines is 1. The molecular weight excluding hydrogens is 339 g/mol. The second-order valence-corrected chi connectivity index (χ2v) is 5.31. The molecule has 0 aromatic heterocycles. The van der Waals surface area contributed by atoms with Crippen molar-refractivity contribution in [2.24, 2.45) is 0 Å². The first-order valence-corrected chi connectivity index (χ1v) is 7.58. The maximum atomic E-state index is 13.1. The average molecular weight is 353 g/mol. The lowest BCUT2D eigenvalue weighted by Crippen LogP contribution is -2.34. The molecule has 0 fully saturated rings. The molecule has 1 amide bonds. The molecule has 0 aliphatic heterocycles. The van der Waals surface area contributed by atoms with Gasteiger partial charge in [-0.2, -0.15) is 0 Å². The number of carbonyl (C=O) groups excluding carboxylic acids is 1. The smallest absolute Gasteiger partial charge is 0.257 e. The van der Waals surface area contributed by atoms with Crippen molar-refractivity contribution in [3.8, 4) is 5.75 Å². The van der Waals surface area contributed by atoms with E-state index in [9.17, 15) is 9.18 Å². The lowest BCUT2D eigenvalue weighted by atomic mass is 10.2. The number of benzene rings is 2. The summed E-state index contributed by atoms with van der Waals surface area (Å²) in [4.78, 5) is 12.1. The third kappa shape index (κ3) is 4.91. The summed E-state index contributed by atoms with van der Waals surface area (Å²) >= 11 is 10.7. The van der Waals surface area contributed by atoms with Crippen LogP contribution in [0.15, 0.2) is 42.5 Å². The summed E-state index contributed by atoms with van der Waals surface area (Å²) in [5, 5.41) is 5.36. The molecule has 0 aliphatic carbocycles. The largest absolute Gasteiger partial charge is 0.494 e. The van der Waals surface area contributed by atoms with Crippen LogP contribution in [0.4, 0.5) is 10.1 Å². The first-order chi connectivity index (χ1) is 11.0. The van der Waals surface area contributed by atoms with Crippen molar-refractivity contribution in [2.45, 2.75) is 6.92 Å². The molecule has 0 saturated heterocycles. The summed E-state index contributed by atoms with van der Waals surface area (Å²) in [5.41, 5.74) is 0.920. The van der Waals surface area contributed by atoms with Crippen LogP contribution in [0.2, 0.25) is 5.02 Å². The predicted octanol–water partition coefficient (Wildman–Crippen LogP) is 4.00. The number of thiocarbonyl (C=S) groups is 1. The predicted molar refractivity (Wildman–Crippen MR) is 92.7 cm³/mol. The highest BCUT2D eigenvalue weighted by Crippen LogP contribution is 2.19. The Morgan fingerprint density at radius 3 is 2.57 bits per heavy atom. The number of carbonyl (C=O) groups is 1. The van der Waals surface area contributed by atoms with Crippen LogP contribution in [0.3, 0.4) is 0 Å². The van der Waals surface area contributed by atoms with Gasteiger partial charge >= 0.3 is 0 Å². The van der Waals surface area contributed by atoms with Crippen LogP contribution in [0.25, 0.3) is 0 Å². The summed E-state index contributed by atoms with van der Waals surface area (Å²) in [7, 11) is 0. The van der Waals surface area contributed by atoms with Crippen molar-refractivity contribution >= 4 is 40.5 Å². The average Bonchev–Trinajstić information content (AvgIpc) is 2.52. The molecule has 2 N–H and O–H groups in total. The van der Waals surface area contributed by atoms with Gasteiger partial charge in [-0.25, -0.2) is 4.39 Å². The lowest BCUT2D eigenvalue weighted by Gasteiger charge is -2.10. The van der Waals surface area contributed by atoms with Crippen molar-refractivity contribution in [3.05, 3.63) is 58.9 Å². The lowest BCUT2D eigenvalue weighted by molar-refractivity contribution is 0.0977. The van der Waals surface area contributed by atoms with E-state index in [1.807, 2.05) is 6.92 Å². The molecule has 0 bridgehead atoms. The molecule has 2 aromatic carbocycles. The fourth-order valence-electron chi connectivity index (χ4n) is 1.78. The number of hydrogen-bond donors (Lipinski definition) is 2. The van der Waals surface area contributed by atoms with Gasteiger partial charge in [-0.3, -0.25) is 10.1 Å². The molecular formula is C16H14ClFN2O2S. The summed E-state index contributed by atoms with van der Waals surface area (Å²) in [6.07, 6.45) is 0. The Morgan fingerprint density at radius 1 is 1.26 bits per heavy atom. The fraction of sp³-hybridized carbons (Fsp3) is 0.125. The Bertz CT molecular complexity index is 723. The quantitative estimate of drug-likeness (QED) is 0.816. The maximum Gasteiger partial charge on any atom is 0.257 e. The third-order valence-electron chi connectivity index (χ3n) is 2.83. The van der Waals surface area contributed by atoms with E-state index in [1.165, 1.54) is 18.2 Å². The molecule has 0 spiro atoms. The number of amides is 1. The van der Waals surface area contributed by atoms with Gasteiger partial charge in [-0.05, 0) is 61.6 Å². The van der Waals surface area contributed by atoms with Crippen LogP contribution in [0.1, 0.15) is 17.3 Å². The van der Waals surface area contributed by atoms with Crippen LogP contribution in [0, 0.1) is 5.82 Å². The van der Waals surface area contributed by atoms with E-state index < -0.39 is 5.82 Å². The topological polar surface area (TPSA) is 50.4 Å². The zero-order valence-electron chi connectivity index (χ0n) is 12.2. The van der Waals surface area contributed by atoms with Gasteiger partial charge in [-0.15, -0.1) is 0 Å². The molecule has 2 rings (SSSR count). The van der Waals surface area contributed by atoms with E-state index in [-0.39, 0.29) is 16.0 Å². The zero-order chi connectivity index (χ0) is 16.8. The van der Waals surface area contributed by atoms with Gasteiger partial charge < -0.3 is 10.1 Å². The van der Waals surface area contributed by atoms with Crippen molar-refractivity contribution in [1.29, 1.82) is 0 Å². The van der Waals surface area contributed by atoms with Crippen molar-refractivity contribution in [1.82, 2.24) is 5.32 Å². The SMILES string of the molecule is CCOc1ccc(C(=O)NC(=S)Nc2ccc(F)c(Cl)c2)cc1. The highest BCUT2D eigenvalue weighted by Gasteiger charge is 2.09. The number of ether oxygens (including phenoxy) is 1. The van der Waals surface area contributed by atoms with Gasteiger partial charge in [-0.1, -0.05) is 11.6 Å². The van der Waals surface area contributed by atoms with Crippen LogP contribution >= 0.6 is 23.8 Å². The summed E-state index contributed by atoms with van der Waals surface area (Å²) in [6.45, 7) is 2.44. The van der Waals surface area contributed by atoms with Gasteiger partial charge in [0, 0.05) is 11.3 Å². The van der Waals surface area contributed by atoms with Crippen LogP contribution in [0.5, 0.6) is 5.75 Å². The van der Waals surface area contributed by atoms with E-state index in [0.717, 1.165) is 0 Å². The van der Waals surface area contributed by atoms with E-state index in [1.54, 1.807) is 24.3 Å². The summed E-state index contributed by atoms with van der Waals surface area (Å²) in [6, 6.07) is 10.7. The molecule has 0 unspecified atom stereocenters. The molecule has 7 heteroatoms. The standard InChI is InChI=1S/C16H14ClFN2O2S/c1-2-22-12-6-3-10(4-7-12)15(21)20-16(23)19-11-5-8-14(18)13(17)9-11/h3-9H,2H2,1H3,(H2,19,20,21,23). The Balaban J connectivity index is 1.96. The monoisotopic (exact) mass is 352 g/mol. The molecule has 0 radical (unpaired) electrons. The van der Waals surface area contributed by atoms with E-state index in [0.29, 0.717) is 23.6 Å². The van der Waals surface area contributed by atoms with Crippen LogP contribution in [-0.2, 0) is 0 Å². The Hall–Kier alpha value is -2.18. The molecule has 4 nitrogen and oxygen atoms in total. The minimum atomic E-state index is -0.526. The highest BCUT2D eigenvalue weighted by molar-refractivity contribution is 7.80. The molecule has 120 valence electrons. The number of halogens is 2. The minimum absolute atomic E-state index is 0.0318.